The zero-order chi connectivity index (χ0) is 22.3. The third kappa shape index (κ3) is 7.30. The van der Waals surface area contributed by atoms with E-state index in [-0.39, 0.29) is 23.6 Å². The van der Waals surface area contributed by atoms with Crippen LogP contribution in [-0.4, -0.2) is 64.7 Å². The minimum Gasteiger partial charge on any atom is -0.355 e. The largest absolute Gasteiger partial charge is 0.355 e. The molecule has 9 heteroatoms. The summed E-state index contributed by atoms with van der Waals surface area (Å²) >= 11 is 7.51. The van der Waals surface area contributed by atoms with Crippen LogP contribution in [0.1, 0.15) is 53.9 Å². The van der Waals surface area contributed by atoms with Gasteiger partial charge in [0.2, 0.25) is 11.8 Å². The van der Waals surface area contributed by atoms with E-state index in [4.69, 9.17) is 11.6 Å². The monoisotopic (exact) mass is 455 g/mol. The molecule has 1 N–H and O–H groups in total. The van der Waals surface area contributed by atoms with Crippen LogP contribution in [-0.2, 0) is 9.59 Å². The molecule has 1 fully saturated rings. The van der Waals surface area contributed by atoms with E-state index in [0.717, 1.165) is 25.1 Å². The lowest BCUT2D eigenvalue weighted by Crippen LogP contribution is -2.56. The Morgan fingerprint density at radius 3 is 2.63 bits per heavy atom. The lowest BCUT2D eigenvalue weighted by Gasteiger charge is -2.42. The third-order valence-electron chi connectivity index (χ3n) is 4.95. The fourth-order valence-corrected chi connectivity index (χ4v) is 4.21. The van der Waals surface area contributed by atoms with Gasteiger partial charge in [0.15, 0.2) is 5.16 Å². The quantitative estimate of drug-likeness (QED) is 0.279. The number of unbranched alkanes of at least 4 members (excludes halogenated alkanes) is 2. The number of anilines is 1. The van der Waals surface area contributed by atoms with Crippen molar-refractivity contribution in [1.82, 2.24) is 20.2 Å². The molecule has 1 aliphatic rings. The average Bonchev–Trinajstić information content (AvgIpc) is 2.68. The highest BCUT2D eigenvalue weighted by Gasteiger charge is 2.34. The molecule has 2 heterocycles. The van der Waals surface area contributed by atoms with Crippen LogP contribution in [0.5, 0.6) is 0 Å². The first-order valence-electron chi connectivity index (χ1n) is 10.6. The standard InChI is InChI=1S/C21H34ClN5O2S/c1-6-7-8-9-23-18(28)14-30-20-24-16(22)12-17(25-20)26-10-11-27(15(2)13-26)19(29)21(3,4)5/h12,15H,6-11,13-14H2,1-5H3,(H,23,28). The van der Waals surface area contributed by atoms with Crippen LogP contribution in [0.4, 0.5) is 5.82 Å². The molecule has 1 aromatic rings. The highest BCUT2D eigenvalue weighted by Crippen LogP contribution is 2.26. The van der Waals surface area contributed by atoms with Crippen LogP contribution >= 0.6 is 23.4 Å². The Morgan fingerprint density at radius 1 is 1.27 bits per heavy atom. The highest BCUT2D eigenvalue weighted by atomic mass is 35.5. The van der Waals surface area contributed by atoms with E-state index >= 15 is 0 Å². The molecule has 1 atom stereocenters. The Balaban J connectivity index is 1.95. The van der Waals surface area contributed by atoms with Gasteiger partial charge < -0.3 is 15.1 Å². The van der Waals surface area contributed by atoms with Crippen molar-refractivity contribution in [1.29, 1.82) is 0 Å². The molecule has 0 saturated carbocycles. The summed E-state index contributed by atoms with van der Waals surface area (Å²) in [4.78, 5) is 37.6. The van der Waals surface area contributed by atoms with E-state index in [9.17, 15) is 9.59 Å². The van der Waals surface area contributed by atoms with Crippen LogP contribution in [0.15, 0.2) is 11.2 Å². The average molecular weight is 456 g/mol. The van der Waals surface area contributed by atoms with E-state index in [1.165, 1.54) is 11.8 Å². The number of nitrogens with zero attached hydrogens (tertiary/aromatic N) is 4. The number of halogens is 1. The minimum atomic E-state index is -0.393. The summed E-state index contributed by atoms with van der Waals surface area (Å²) in [5.74, 6) is 1.13. The zero-order valence-electron chi connectivity index (χ0n) is 18.7. The Morgan fingerprint density at radius 2 is 2.00 bits per heavy atom. The smallest absolute Gasteiger partial charge is 0.230 e. The number of hydrogen-bond donors (Lipinski definition) is 1. The molecule has 2 amide bonds. The van der Waals surface area contributed by atoms with Crippen molar-refractivity contribution in [3.8, 4) is 0 Å². The van der Waals surface area contributed by atoms with Crippen molar-refractivity contribution >= 4 is 41.0 Å². The second-order valence-corrected chi connectivity index (χ2v) is 10.1. The lowest BCUT2D eigenvalue weighted by molar-refractivity contribution is -0.142. The van der Waals surface area contributed by atoms with Crippen LogP contribution in [0.25, 0.3) is 0 Å². The Kier molecular flexibility index (Phi) is 9.22. The number of amides is 2. The second kappa shape index (κ2) is 11.2. The number of carbonyl (C=O) groups is 2. The van der Waals surface area contributed by atoms with Gasteiger partial charge in [0.1, 0.15) is 11.0 Å². The molecule has 30 heavy (non-hydrogen) atoms. The molecular formula is C21H34ClN5O2S. The van der Waals surface area contributed by atoms with Crippen molar-refractivity contribution < 1.29 is 9.59 Å². The molecule has 0 radical (unpaired) electrons. The number of piperazine rings is 1. The van der Waals surface area contributed by atoms with E-state index in [2.05, 4.69) is 34.0 Å². The van der Waals surface area contributed by atoms with E-state index in [1.807, 2.05) is 25.7 Å². The van der Waals surface area contributed by atoms with Crippen LogP contribution in [0.2, 0.25) is 5.15 Å². The van der Waals surface area contributed by atoms with Gasteiger partial charge in [-0.05, 0) is 13.3 Å². The Labute approximate surface area is 189 Å². The van der Waals surface area contributed by atoms with Crippen LogP contribution in [0, 0.1) is 5.41 Å². The molecule has 0 aromatic carbocycles. The predicted octanol–water partition coefficient (Wildman–Crippen LogP) is 3.61. The normalized spacial score (nSPS) is 17.2. The first-order chi connectivity index (χ1) is 14.1. The molecule has 0 bridgehead atoms. The van der Waals surface area contributed by atoms with Gasteiger partial charge in [-0.3, -0.25) is 9.59 Å². The first kappa shape index (κ1) is 24.7. The summed E-state index contributed by atoms with van der Waals surface area (Å²) in [5.41, 5.74) is -0.393. The predicted molar refractivity (Wildman–Crippen MR) is 123 cm³/mol. The summed E-state index contributed by atoms with van der Waals surface area (Å²) in [6.45, 7) is 12.7. The summed E-state index contributed by atoms with van der Waals surface area (Å²) in [6.07, 6.45) is 3.23. The fourth-order valence-electron chi connectivity index (χ4n) is 3.29. The summed E-state index contributed by atoms with van der Waals surface area (Å²) < 4.78 is 0. The zero-order valence-corrected chi connectivity index (χ0v) is 20.3. The lowest BCUT2D eigenvalue weighted by atomic mass is 9.93. The van der Waals surface area contributed by atoms with Crippen LogP contribution < -0.4 is 10.2 Å². The Bertz CT molecular complexity index is 741. The van der Waals surface area contributed by atoms with Crippen molar-refractivity contribution in [2.45, 2.75) is 65.1 Å². The maximum atomic E-state index is 12.7. The van der Waals surface area contributed by atoms with Gasteiger partial charge in [0, 0.05) is 43.7 Å². The molecular weight excluding hydrogens is 422 g/mol. The topological polar surface area (TPSA) is 78.4 Å². The van der Waals surface area contributed by atoms with Gasteiger partial charge in [-0.1, -0.05) is 63.9 Å². The molecule has 1 aliphatic heterocycles. The van der Waals surface area contributed by atoms with Crippen LogP contribution in [0.3, 0.4) is 0 Å². The molecule has 2 rings (SSSR count). The third-order valence-corrected chi connectivity index (χ3v) is 5.99. The molecule has 1 saturated heterocycles. The highest BCUT2D eigenvalue weighted by molar-refractivity contribution is 7.99. The van der Waals surface area contributed by atoms with Gasteiger partial charge in [-0.2, -0.15) is 0 Å². The number of hydrogen-bond acceptors (Lipinski definition) is 6. The number of aromatic nitrogens is 2. The molecule has 0 aliphatic carbocycles. The number of rotatable bonds is 8. The van der Waals surface area contributed by atoms with Crippen molar-refractivity contribution in [2.75, 3.05) is 36.8 Å². The van der Waals surface area contributed by atoms with E-state index in [0.29, 0.717) is 36.5 Å². The first-order valence-corrected chi connectivity index (χ1v) is 12.0. The molecule has 1 unspecified atom stereocenters. The summed E-state index contributed by atoms with van der Waals surface area (Å²) in [5, 5.41) is 3.76. The molecule has 1 aromatic heterocycles. The number of thioether (sulfide) groups is 1. The van der Waals surface area contributed by atoms with Crippen molar-refractivity contribution in [3.63, 3.8) is 0 Å². The van der Waals surface area contributed by atoms with Crippen molar-refractivity contribution in [2.24, 2.45) is 5.41 Å². The van der Waals surface area contributed by atoms with Gasteiger partial charge in [0.25, 0.3) is 0 Å². The fraction of sp³-hybridized carbons (Fsp3) is 0.714. The summed E-state index contributed by atoms with van der Waals surface area (Å²) in [6, 6.07) is 1.81. The second-order valence-electron chi connectivity index (χ2n) is 8.72. The van der Waals surface area contributed by atoms with Gasteiger partial charge in [-0.25, -0.2) is 9.97 Å². The van der Waals surface area contributed by atoms with E-state index in [1.54, 1.807) is 6.07 Å². The maximum absolute atomic E-state index is 12.7. The molecule has 7 nitrogen and oxygen atoms in total. The van der Waals surface area contributed by atoms with Gasteiger partial charge in [-0.15, -0.1) is 0 Å². The minimum absolute atomic E-state index is 0.0239. The molecule has 168 valence electrons. The van der Waals surface area contributed by atoms with E-state index < -0.39 is 5.41 Å². The Hall–Kier alpha value is -1.54. The maximum Gasteiger partial charge on any atom is 0.230 e. The number of nitrogens with one attached hydrogen (secondary N) is 1. The molecule has 0 spiro atoms. The van der Waals surface area contributed by atoms with Crippen molar-refractivity contribution in [3.05, 3.63) is 11.2 Å². The summed E-state index contributed by atoms with van der Waals surface area (Å²) in [7, 11) is 0. The van der Waals surface area contributed by atoms with Gasteiger partial charge in [0.05, 0.1) is 5.75 Å². The number of carbonyl (C=O) groups excluding carboxylic acids is 2. The SMILES string of the molecule is CCCCCNC(=O)CSc1nc(Cl)cc(N2CCN(C(=O)C(C)(C)C)C(C)C2)n1. The van der Waals surface area contributed by atoms with Gasteiger partial charge >= 0.3 is 0 Å².